The Morgan fingerprint density at radius 1 is 1.29 bits per heavy atom. The minimum absolute atomic E-state index is 0.0898. The Morgan fingerprint density at radius 2 is 2.14 bits per heavy atom. The van der Waals surface area contributed by atoms with Gasteiger partial charge in [-0.2, -0.15) is 5.26 Å². The van der Waals surface area contributed by atoms with Crippen molar-refractivity contribution in [3.05, 3.63) is 74.4 Å². The van der Waals surface area contributed by atoms with Crippen molar-refractivity contribution < 1.29 is 9.69 Å². The first-order valence-electron chi connectivity index (χ1n) is 9.04. The molecule has 0 radical (unpaired) electrons. The lowest BCUT2D eigenvalue weighted by Crippen LogP contribution is -3.10. The smallest absolute Gasteiger partial charge is 0.268 e. The number of fused-ring (bicyclic) bond motifs is 1. The van der Waals surface area contributed by atoms with Gasteiger partial charge in [-0.3, -0.25) is 10.1 Å². The normalized spacial score (nSPS) is 16.2. The molecule has 0 saturated carbocycles. The average molecular weight is 408 g/mol. The van der Waals surface area contributed by atoms with E-state index in [1.54, 1.807) is 6.08 Å². The molecule has 1 aliphatic heterocycles. The quantitative estimate of drug-likeness (QED) is 0.505. The lowest BCUT2D eigenvalue weighted by atomic mass is 10.1. The van der Waals surface area contributed by atoms with E-state index in [4.69, 9.17) is 0 Å². The van der Waals surface area contributed by atoms with E-state index in [0.717, 1.165) is 36.6 Å². The fraction of sp³-hybridized carbons (Fsp3) is 0.190. The van der Waals surface area contributed by atoms with Crippen molar-refractivity contribution in [1.29, 1.82) is 5.26 Å². The number of thiazole rings is 1. The summed E-state index contributed by atoms with van der Waals surface area (Å²) in [5, 5.41) is 14.6. The molecule has 28 heavy (non-hydrogen) atoms. The van der Waals surface area contributed by atoms with Gasteiger partial charge in [0.15, 0.2) is 5.13 Å². The molecule has 2 N–H and O–H groups in total. The third-order valence-electron chi connectivity index (χ3n) is 4.62. The number of nitriles is 1. The molecule has 5 nitrogen and oxygen atoms in total. The van der Waals surface area contributed by atoms with Gasteiger partial charge in [0.05, 0.1) is 17.1 Å². The predicted octanol–water partition coefficient (Wildman–Crippen LogP) is 2.89. The number of carbonyl (C=O) groups excluding carboxylic acids is 1. The number of rotatable bonds is 5. The van der Waals surface area contributed by atoms with Gasteiger partial charge in [0.25, 0.3) is 5.91 Å². The molecule has 4 rings (SSSR count). The maximum absolute atomic E-state index is 12.5. The fourth-order valence-corrected chi connectivity index (χ4v) is 4.98. The van der Waals surface area contributed by atoms with Gasteiger partial charge in [-0.1, -0.05) is 47.7 Å². The van der Waals surface area contributed by atoms with Gasteiger partial charge in [-0.05, 0) is 17.5 Å². The maximum atomic E-state index is 12.5. The molecule has 2 aromatic heterocycles. The monoisotopic (exact) mass is 407 g/mol. The second kappa shape index (κ2) is 8.48. The van der Waals surface area contributed by atoms with E-state index in [0.29, 0.717) is 5.13 Å². The second-order valence-corrected chi connectivity index (χ2v) is 8.68. The van der Waals surface area contributed by atoms with Gasteiger partial charge < -0.3 is 4.90 Å². The number of hydrogen-bond donors (Lipinski definition) is 2. The van der Waals surface area contributed by atoms with Crippen LogP contribution in [0.3, 0.4) is 0 Å². The highest BCUT2D eigenvalue weighted by Gasteiger charge is 2.24. The van der Waals surface area contributed by atoms with Gasteiger partial charge in [0, 0.05) is 16.9 Å². The minimum Gasteiger partial charge on any atom is -0.326 e. The summed E-state index contributed by atoms with van der Waals surface area (Å²) in [6.45, 7) is 2.93. The summed E-state index contributed by atoms with van der Waals surface area (Å²) < 4.78 is 0. The number of amides is 1. The fourth-order valence-electron chi connectivity index (χ4n) is 3.25. The van der Waals surface area contributed by atoms with Crippen LogP contribution >= 0.6 is 22.7 Å². The van der Waals surface area contributed by atoms with Crippen molar-refractivity contribution in [1.82, 2.24) is 4.98 Å². The first-order valence-corrected chi connectivity index (χ1v) is 10.7. The number of aromatic nitrogens is 1. The van der Waals surface area contributed by atoms with Crippen LogP contribution in [0.25, 0.3) is 6.08 Å². The Labute approximate surface area is 171 Å². The van der Waals surface area contributed by atoms with Crippen molar-refractivity contribution in [2.75, 3.05) is 11.9 Å². The van der Waals surface area contributed by atoms with E-state index in [-0.39, 0.29) is 5.57 Å². The number of benzene rings is 1. The minimum atomic E-state index is -0.407. The molecule has 0 saturated heterocycles. The third-order valence-corrected chi connectivity index (χ3v) is 6.45. The van der Waals surface area contributed by atoms with Crippen LogP contribution in [-0.2, 0) is 24.3 Å². The van der Waals surface area contributed by atoms with E-state index in [1.165, 1.54) is 38.0 Å². The summed E-state index contributed by atoms with van der Waals surface area (Å²) in [6.07, 6.45) is 2.51. The summed E-state index contributed by atoms with van der Waals surface area (Å²) >= 11 is 3.01. The zero-order valence-electron chi connectivity index (χ0n) is 15.1. The van der Waals surface area contributed by atoms with Crippen LogP contribution in [0.1, 0.15) is 21.0 Å². The van der Waals surface area contributed by atoms with Crippen molar-refractivity contribution in [3.63, 3.8) is 0 Å². The predicted molar refractivity (Wildman–Crippen MR) is 112 cm³/mol. The number of hydrogen-bond acceptors (Lipinski definition) is 5. The van der Waals surface area contributed by atoms with E-state index in [1.807, 2.05) is 29.6 Å². The first-order chi connectivity index (χ1) is 13.7. The molecule has 0 bridgehead atoms. The molecule has 1 aliphatic rings. The van der Waals surface area contributed by atoms with Crippen LogP contribution in [0, 0.1) is 11.3 Å². The van der Waals surface area contributed by atoms with Gasteiger partial charge in [-0.25, -0.2) is 4.98 Å². The molecule has 1 unspecified atom stereocenters. The van der Waals surface area contributed by atoms with Gasteiger partial charge in [-0.15, -0.1) is 11.3 Å². The highest BCUT2D eigenvalue weighted by atomic mass is 32.1. The molecular weight excluding hydrogens is 388 g/mol. The molecule has 1 atom stereocenters. The summed E-state index contributed by atoms with van der Waals surface area (Å²) in [7, 11) is 0. The van der Waals surface area contributed by atoms with Crippen molar-refractivity contribution >= 4 is 39.8 Å². The molecule has 140 valence electrons. The molecule has 3 aromatic rings. The van der Waals surface area contributed by atoms with Gasteiger partial charge in [0.2, 0.25) is 0 Å². The molecular formula is C21H19N4OS2+. The molecule has 3 heterocycles. The lowest BCUT2D eigenvalue weighted by Gasteiger charge is -2.22. The average Bonchev–Trinajstić information content (AvgIpc) is 3.35. The van der Waals surface area contributed by atoms with E-state index in [2.05, 4.69) is 34.6 Å². The van der Waals surface area contributed by atoms with E-state index < -0.39 is 5.91 Å². The van der Waals surface area contributed by atoms with Crippen LogP contribution in [0.2, 0.25) is 0 Å². The zero-order valence-corrected chi connectivity index (χ0v) is 16.8. The van der Waals surface area contributed by atoms with Crippen molar-refractivity contribution in [3.8, 4) is 6.07 Å². The second-order valence-electron chi connectivity index (χ2n) is 6.62. The SMILES string of the molecule is N#C/C(=C\c1cccs1)C(=O)Nc1nc2c(s1)C[NH+](Cc1ccccc1)CC2. The van der Waals surface area contributed by atoms with Crippen LogP contribution < -0.4 is 10.2 Å². The van der Waals surface area contributed by atoms with Gasteiger partial charge in [0.1, 0.15) is 24.7 Å². The number of thiophene rings is 1. The molecule has 0 aliphatic carbocycles. The number of nitrogens with one attached hydrogen (secondary N) is 2. The zero-order chi connectivity index (χ0) is 19.3. The Balaban J connectivity index is 1.43. The van der Waals surface area contributed by atoms with E-state index in [9.17, 15) is 10.1 Å². The number of quaternary nitrogens is 1. The Morgan fingerprint density at radius 3 is 2.89 bits per heavy atom. The highest BCUT2D eigenvalue weighted by molar-refractivity contribution is 7.15. The summed E-state index contributed by atoms with van der Waals surface area (Å²) in [5.74, 6) is -0.407. The lowest BCUT2D eigenvalue weighted by molar-refractivity contribution is -0.929. The third kappa shape index (κ3) is 4.37. The Hall–Kier alpha value is -2.79. The largest absolute Gasteiger partial charge is 0.326 e. The summed E-state index contributed by atoms with van der Waals surface area (Å²) in [4.78, 5) is 20.6. The van der Waals surface area contributed by atoms with E-state index >= 15 is 0 Å². The maximum Gasteiger partial charge on any atom is 0.268 e. The van der Waals surface area contributed by atoms with Crippen LogP contribution in [-0.4, -0.2) is 17.4 Å². The molecule has 0 fully saturated rings. The molecule has 7 heteroatoms. The number of nitrogens with zero attached hydrogens (tertiary/aromatic N) is 2. The standard InChI is InChI=1S/C21H18N4OS2/c22-12-16(11-17-7-4-10-27-17)20(26)24-21-23-18-8-9-25(14-19(18)28-21)13-15-5-2-1-3-6-15/h1-7,10-11H,8-9,13-14H2,(H,23,24,26)/p+1/b16-11+. The Bertz CT molecular complexity index is 1030. The van der Waals surface area contributed by atoms with Crippen LogP contribution in [0.5, 0.6) is 0 Å². The molecule has 0 spiro atoms. The first kappa shape index (κ1) is 18.6. The highest BCUT2D eigenvalue weighted by Crippen LogP contribution is 2.25. The summed E-state index contributed by atoms with van der Waals surface area (Å²) in [6, 6.07) is 16.2. The molecule has 1 amide bonds. The Kier molecular flexibility index (Phi) is 5.63. The van der Waals surface area contributed by atoms with Crippen LogP contribution in [0.15, 0.2) is 53.4 Å². The number of anilines is 1. The van der Waals surface area contributed by atoms with Crippen molar-refractivity contribution in [2.24, 2.45) is 0 Å². The van der Waals surface area contributed by atoms with Crippen molar-refractivity contribution in [2.45, 2.75) is 19.5 Å². The van der Waals surface area contributed by atoms with Gasteiger partial charge >= 0.3 is 0 Å². The number of carbonyl (C=O) groups is 1. The topological polar surface area (TPSA) is 70.2 Å². The molecule has 1 aromatic carbocycles. The van der Waals surface area contributed by atoms with Crippen LogP contribution in [0.4, 0.5) is 5.13 Å². The summed E-state index contributed by atoms with van der Waals surface area (Å²) in [5.41, 5.74) is 2.49.